The summed E-state index contributed by atoms with van der Waals surface area (Å²) in [6, 6.07) is 62.5. The van der Waals surface area contributed by atoms with Crippen molar-refractivity contribution in [1.82, 2.24) is 9.13 Å². The van der Waals surface area contributed by atoms with E-state index >= 15 is 0 Å². The highest BCUT2D eigenvalue weighted by Gasteiger charge is 2.18. The van der Waals surface area contributed by atoms with Gasteiger partial charge in [0.25, 0.3) is 0 Å². The van der Waals surface area contributed by atoms with E-state index in [1.54, 1.807) is 0 Å². The molecule has 2 nitrogen and oxygen atoms in total. The molecule has 0 amide bonds. The molecule has 0 atom stereocenters. The fraction of sp³-hybridized carbons (Fsp3) is 0. The minimum absolute atomic E-state index is 1.18. The molecule has 0 aliphatic heterocycles. The molecule has 0 N–H and O–H groups in total. The van der Waals surface area contributed by atoms with Crippen molar-refractivity contribution in [1.29, 1.82) is 0 Å². The summed E-state index contributed by atoms with van der Waals surface area (Å²) in [7, 11) is 0. The van der Waals surface area contributed by atoms with Crippen molar-refractivity contribution in [2.45, 2.75) is 0 Å². The molecule has 11 aromatic rings. The Hall–Kier alpha value is -6.16. The fourth-order valence-corrected chi connectivity index (χ4v) is 9.18. The molecule has 49 heavy (non-hydrogen) atoms. The Morgan fingerprint density at radius 3 is 1.80 bits per heavy atom. The Morgan fingerprint density at radius 1 is 0.327 bits per heavy atom. The molecule has 0 bridgehead atoms. The topological polar surface area (TPSA) is 9.86 Å². The van der Waals surface area contributed by atoms with Gasteiger partial charge in [0.2, 0.25) is 0 Å². The van der Waals surface area contributed by atoms with Gasteiger partial charge in [-0.05, 0) is 83.2 Å². The van der Waals surface area contributed by atoms with Crippen molar-refractivity contribution in [3.8, 4) is 22.5 Å². The first-order valence-electron chi connectivity index (χ1n) is 16.8. The number of fused-ring (bicyclic) bond motifs is 11. The number of aromatic nitrogens is 2. The molecule has 0 spiro atoms. The van der Waals surface area contributed by atoms with E-state index in [1.165, 1.54) is 97.1 Å². The van der Waals surface area contributed by atoms with E-state index in [0.29, 0.717) is 0 Å². The van der Waals surface area contributed by atoms with E-state index < -0.39 is 0 Å². The molecule has 0 unspecified atom stereocenters. The van der Waals surface area contributed by atoms with Crippen LogP contribution in [-0.4, -0.2) is 9.13 Å². The van der Waals surface area contributed by atoms with Crippen molar-refractivity contribution in [3.05, 3.63) is 170 Å². The van der Waals surface area contributed by atoms with E-state index in [1.807, 2.05) is 11.3 Å². The van der Waals surface area contributed by atoms with Crippen LogP contribution in [0.5, 0.6) is 0 Å². The predicted molar refractivity (Wildman–Crippen MR) is 211 cm³/mol. The summed E-state index contributed by atoms with van der Waals surface area (Å²) in [6.07, 6.45) is 0. The van der Waals surface area contributed by atoms with Gasteiger partial charge in [-0.1, -0.05) is 103 Å². The maximum Gasteiger partial charge on any atom is 0.0619 e. The van der Waals surface area contributed by atoms with Gasteiger partial charge in [0, 0.05) is 58.5 Å². The van der Waals surface area contributed by atoms with E-state index in [4.69, 9.17) is 0 Å². The van der Waals surface area contributed by atoms with Crippen LogP contribution >= 0.6 is 11.3 Å². The molecule has 3 aromatic heterocycles. The Balaban J connectivity index is 1.16. The van der Waals surface area contributed by atoms with Crippen molar-refractivity contribution in [2.75, 3.05) is 0 Å². The molecule has 0 aliphatic carbocycles. The van der Waals surface area contributed by atoms with E-state index in [2.05, 4.69) is 179 Å². The van der Waals surface area contributed by atoms with E-state index in [0.717, 1.165) is 0 Å². The van der Waals surface area contributed by atoms with Gasteiger partial charge >= 0.3 is 0 Å². The van der Waals surface area contributed by atoms with Crippen LogP contribution in [0.15, 0.2) is 170 Å². The predicted octanol–water partition coefficient (Wildman–Crippen LogP) is 13.1. The van der Waals surface area contributed by atoms with Gasteiger partial charge in [-0.25, -0.2) is 0 Å². The Labute approximate surface area is 286 Å². The van der Waals surface area contributed by atoms with Gasteiger partial charge in [-0.2, -0.15) is 0 Å². The summed E-state index contributed by atoms with van der Waals surface area (Å²) in [5.74, 6) is 0. The van der Waals surface area contributed by atoms with Gasteiger partial charge < -0.3 is 9.13 Å². The van der Waals surface area contributed by atoms with Gasteiger partial charge in [0.15, 0.2) is 0 Å². The monoisotopic (exact) mass is 640 g/mol. The number of nitrogens with zero attached hydrogens (tertiary/aromatic N) is 2. The lowest BCUT2D eigenvalue weighted by atomic mass is 10.00. The van der Waals surface area contributed by atoms with E-state index in [9.17, 15) is 0 Å². The average molecular weight is 641 g/mol. The second-order valence-electron chi connectivity index (χ2n) is 12.9. The summed E-state index contributed by atoms with van der Waals surface area (Å²) in [6.45, 7) is 0. The number of thiophene rings is 1. The molecule has 8 aromatic carbocycles. The molecule has 0 fully saturated rings. The molecule has 11 rings (SSSR count). The molecular weight excluding hydrogens is 613 g/mol. The van der Waals surface area contributed by atoms with E-state index in [-0.39, 0.29) is 0 Å². The fourth-order valence-electron chi connectivity index (χ4n) is 8.09. The lowest BCUT2D eigenvalue weighted by molar-refractivity contribution is 1.18. The van der Waals surface area contributed by atoms with Crippen LogP contribution in [-0.2, 0) is 0 Å². The Bertz CT molecular complexity index is 3100. The Kier molecular flexibility index (Phi) is 5.57. The zero-order chi connectivity index (χ0) is 32.1. The first kappa shape index (κ1) is 26.9. The Morgan fingerprint density at radius 2 is 0.959 bits per heavy atom. The van der Waals surface area contributed by atoms with Crippen LogP contribution < -0.4 is 0 Å². The molecule has 3 heteroatoms. The van der Waals surface area contributed by atoms with Crippen LogP contribution in [0.2, 0.25) is 0 Å². The van der Waals surface area contributed by atoms with Crippen molar-refractivity contribution >= 4 is 85.9 Å². The SMILES string of the molecule is c1ccc(-n2c3ccccc3c3cc(-c4ccc5c(c4)c4ccc6ccccc6c4n5-c4ccc5sc6ccccc6c5c4)ccc32)cc1. The first-order chi connectivity index (χ1) is 24.3. The summed E-state index contributed by atoms with van der Waals surface area (Å²) >= 11 is 1.87. The molecule has 228 valence electrons. The highest BCUT2D eigenvalue weighted by molar-refractivity contribution is 7.25. The zero-order valence-electron chi connectivity index (χ0n) is 26.5. The van der Waals surface area contributed by atoms with Crippen LogP contribution in [0.25, 0.3) is 97.1 Å². The second kappa shape index (κ2) is 10.2. The molecule has 0 saturated heterocycles. The molecular formula is C46H28N2S. The third-order valence-electron chi connectivity index (χ3n) is 10.3. The number of hydrogen-bond acceptors (Lipinski definition) is 1. The van der Waals surface area contributed by atoms with Crippen molar-refractivity contribution in [3.63, 3.8) is 0 Å². The molecule has 0 aliphatic rings. The maximum atomic E-state index is 2.49. The van der Waals surface area contributed by atoms with Gasteiger partial charge in [-0.15, -0.1) is 11.3 Å². The lowest BCUT2D eigenvalue weighted by Gasteiger charge is -2.11. The van der Waals surface area contributed by atoms with Crippen LogP contribution in [0.3, 0.4) is 0 Å². The number of hydrogen-bond donors (Lipinski definition) is 0. The standard InChI is InChI=1S/C46H28N2S/c1-2-11-32(12-3-1)47-41-16-8-6-14-35(41)38-26-30(19-23-42(38)47)31-20-24-43-39(27-31)37-22-18-29-10-4-5-13-34(29)46(37)48(43)33-21-25-45-40(28-33)36-15-7-9-17-44(36)49-45/h1-28H. The summed E-state index contributed by atoms with van der Waals surface area (Å²) in [4.78, 5) is 0. The summed E-state index contributed by atoms with van der Waals surface area (Å²) < 4.78 is 7.51. The number of rotatable bonds is 3. The third kappa shape index (κ3) is 3.88. The van der Waals surface area contributed by atoms with Crippen molar-refractivity contribution in [2.24, 2.45) is 0 Å². The highest BCUT2D eigenvalue weighted by atomic mass is 32.1. The third-order valence-corrected chi connectivity index (χ3v) is 11.4. The van der Waals surface area contributed by atoms with Gasteiger partial charge in [0.1, 0.15) is 0 Å². The average Bonchev–Trinajstić information content (AvgIpc) is 3.82. The van der Waals surface area contributed by atoms with Crippen LogP contribution in [0, 0.1) is 0 Å². The summed E-state index contributed by atoms with van der Waals surface area (Å²) in [5.41, 5.74) is 9.72. The second-order valence-corrected chi connectivity index (χ2v) is 14.0. The van der Waals surface area contributed by atoms with Crippen LogP contribution in [0.4, 0.5) is 0 Å². The largest absolute Gasteiger partial charge is 0.309 e. The first-order valence-corrected chi connectivity index (χ1v) is 17.6. The normalized spacial score (nSPS) is 12.1. The van der Waals surface area contributed by atoms with Crippen molar-refractivity contribution < 1.29 is 0 Å². The summed E-state index contributed by atoms with van der Waals surface area (Å²) in [5, 5.41) is 10.2. The molecule has 0 saturated carbocycles. The highest BCUT2D eigenvalue weighted by Crippen LogP contribution is 2.42. The minimum atomic E-state index is 1.18. The van der Waals surface area contributed by atoms with Gasteiger partial charge in [0.05, 0.1) is 22.1 Å². The zero-order valence-corrected chi connectivity index (χ0v) is 27.3. The number of benzene rings is 8. The lowest BCUT2D eigenvalue weighted by Crippen LogP contribution is -1.94. The molecule has 3 heterocycles. The minimum Gasteiger partial charge on any atom is -0.309 e. The smallest absolute Gasteiger partial charge is 0.0619 e. The van der Waals surface area contributed by atoms with Crippen LogP contribution in [0.1, 0.15) is 0 Å². The maximum absolute atomic E-state index is 2.49. The van der Waals surface area contributed by atoms with Gasteiger partial charge in [-0.3, -0.25) is 0 Å². The molecule has 0 radical (unpaired) electrons. The number of para-hydroxylation sites is 2. The quantitative estimate of drug-likeness (QED) is 0.182.